The SMILES string of the molecule is CCN(CC1CCC1)C(=O)[C@H](N)c1ccccc1. The molecule has 0 aliphatic heterocycles. The first-order valence-corrected chi connectivity index (χ1v) is 6.81. The minimum atomic E-state index is -0.522. The maximum absolute atomic E-state index is 12.4. The number of likely N-dealkylation sites (N-methyl/N-ethyl adjacent to an activating group) is 1. The summed E-state index contributed by atoms with van der Waals surface area (Å²) in [6, 6.07) is 9.09. The molecule has 1 aliphatic carbocycles. The van der Waals surface area contributed by atoms with Crippen LogP contribution >= 0.6 is 0 Å². The van der Waals surface area contributed by atoms with Gasteiger partial charge in [0.1, 0.15) is 6.04 Å². The van der Waals surface area contributed by atoms with Gasteiger partial charge in [-0.3, -0.25) is 4.79 Å². The number of hydrogen-bond acceptors (Lipinski definition) is 2. The van der Waals surface area contributed by atoms with Gasteiger partial charge in [0.2, 0.25) is 5.91 Å². The fourth-order valence-electron chi connectivity index (χ4n) is 2.36. The van der Waals surface area contributed by atoms with E-state index in [-0.39, 0.29) is 5.91 Å². The van der Waals surface area contributed by atoms with Crippen molar-refractivity contribution in [3.05, 3.63) is 35.9 Å². The van der Waals surface area contributed by atoms with Crippen LogP contribution in [0.25, 0.3) is 0 Å². The Hall–Kier alpha value is -1.35. The van der Waals surface area contributed by atoms with E-state index in [1.54, 1.807) is 0 Å². The lowest BCUT2D eigenvalue weighted by atomic mass is 9.85. The van der Waals surface area contributed by atoms with Crippen molar-refractivity contribution in [2.45, 2.75) is 32.2 Å². The quantitative estimate of drug-likeness (QED) is 0.866. The predicted molar refractivity (Wildman–Crippen MR) is 73.0 cm³/mol. The standard InChI is InChI=1S/C15H22N2O/c1-2-17(11-12-7-6-8-12)15(18)14(16)13-9-4-3-5-10-13/h3-5,9-10,12,14H,2,6-8,11,16H2,1H3/t14-/m1/s1. The zero-order valence-corrected chi connectivity index (χ0v) is 11.0. The molecular weight excluding hydrogens is 224 g/mol. The van der Waals surface area contributed by atoms with Crippen molar-refractivity contribution in [2.75, 3.05) is 13.1 Å². The lowest BCUT2D eigenvalue weighted by molar-refractivity contribution is -0.133. The molecule has 0 radical (unpaired) electrons. The van der Waals surface area contributed by atoms with Crippen LogP contribution in [0, 0.1) is 5.92 Å². The second kappa shape index (κ2) is 6.01. The Bertz CT molecular complexity index is 387. The topological polar surface area (TPSA) is 46.3 Å². The number of nitrogens with two attached hydrogens (primary N) is 1. The van der Waals surface area contributed by atoms with E-state index in [0.29, 0.717) is 5.92 Å². The maximum Gasteiger partial charge on any atom is 0.244 e. The van der Waals surface area contributed by atoms with Crippen molar-refractivity contribution in [3.63, 3.8) is 0 Å². The van der Waals surface area contributed by atoms with Crippen molar-refractivity contribution in [1.82, 2.24) is 4.90 Å². The van der Waals surface area contributed by atoms with Crippen LogP contribution in [0.15, 0.2) is 30.3 Å². The predicted octanol–water partition coefficient (Wildman–Crippen LogP) is 2.33. The zero-order valence-electron chi connectivity index (χ0n) is 11.0. The Kier molecular flexibility index (Phi) is 4.37. The first kappa shape index (κ1) is 13.1. The first-order chi connectivity index (χ1) is 8.72. The molecule has 2 N–H and O–H groups in total. The molecule has 1 aromatic rings. The normalized spacial score (nSPS) is 17.0. The Labute approximate surface area is 109 Å². The van der Waals surface area contributed by atoms with Gasteiger partial charge in [-0.15, -0.1) is 0 Å². The highest BCUT2D eigenvalue weighted by Gasteiger charge is 2.26. The van der Waals surface area contributed by atoms with Crippen LogP contribution in [0.5, 0.6) is 0 Å². The van der Waals surface area contributed by atoms with Crippen LogP contribution in [-0.2, 0) is 4.79 Å². The summed E-state index contributed by atoms with van der Waals surface area (Å²) in [5, 5.41) is 0. The molecule has 1 fully saturated rings. The third kappa shape index (κ3) is 2.91. The van der Waals surface area contributed by atoms with E-state index in [1.165, 1.54) is 19.3 Å². The first-order valence-electron chi connectivity index (χ1n) is 6.81. The maximum atomic E-state index is 12.4. The molecule has 3 nitrogen and oxygen atoms in total. The van der Waals surface area contributed by atoms with Gasteiger partial charge in [-0.25, -0.2) is 0 Å². The molecule has 98 valence electrons. The number of nitrogens with zero attached hydrogens (tertiary/aromatic N) is 1. The number of benzene rings is 1. The van der Waals surface area contributed by atoms with Crippen molar-refractivity contribution < 1.29 is 4.79 Å². The molecule has 3 heteroatoms. The van der Waals surface area contributed by atoms with E-state index in [9.17, 15) is 4.79 Å². The van der Waals surface area contributed by atoms with E-state index in [1.807, 2.05) is 42.2 Å². The largest absolute Gasteiger partial charge is 0.341 e. The summed E-state index contributed by atoms with van der Waals surface area (Å²) in [4.78, 5) is 14.3. The minimum Gasteiger partial charge on any atom is -0.341 e. The molecule has 1 aromatic carbocycles. The van der Waals surface area contributed by atoms with Gasteiger partial charge in [-0.2, -0.15) is 0 Å². The Morgan fingerprint density at radius 2 is 2.06 bits per heavy atom. The summed E-state index contributed by atoms with van der Waals surface area (Å²) < 4.78 is 0. The summed E-state index contributed by atoms with van der Waals surface area (Å²) in [5.74, 6) is 0.743. The minimum absolute atomic E-state index is 0.0515. The van der Waals surface area contributed by atoms with Gasteiger partial charge in [-0.05, 0) is 31.2 Å². The van der Waals surface area contributed by atoms with Crippen LogP contribution in [0.3, 0.4) is 0 Å². The molecule has 1 aliphatic rings. The molecular formula is C15H22N2O. The lowest BCUT2D eigenvalue weighted by Gasteiger charge is -2.33. The molecule has 0 unspecified atom stereocenters. The molecule has 1 amide bonds. The molecule has 2 rings (SSSR count). The molecule has 0 spiro atoms. The molecule has 0 heterocycles. The van der Waals surface area contributed by atoms with Crippen LogP contribution in [-0.4, -0.2) is 23.9 Å². The van der Waals surface area contributed by atoms with Gasteiger partial charge in [0.15, 0.2) is 0 Å². The van der Waals surface area contributed by atoms with Gasteiger partial charge < -0.3 is 10.6 Å². The van der Waals surface area contributed by atoms with E-state index < -0.39 is 6.04 Å². The number of amides is 1. The number of carbonyl (C=O) groups excluding carboxylic acids is 1. The number of carbonyl (C=O) groups is 1. The van der Waals surface area contributed by atoms with Gasteiger partial charge in [0, 0.05) is 13.1 Å². The van der Waals surface area contributed by atoms with Gasteiger partial charge in [0.05, 0.1) is 0 Å². The molecule has 1 saturated carbocycles. The highest BCUT2D eigenvalue weighted by Crippen LogP contribution is 2.27. The van der Waals surface area contributed by atoms with Crippen molar-refractivity contribution in [1.29, 1.82) is 0 Å². The second-order valence-electron chi connectivity index (χ2n) is 5.06. The Morgan fingerprint density at radius 3 is 2.56 bits per heavy atom. The van der Waals surface area contributed by atoms with Crippen molar-refractivity contribution in [3.8, 4) is 0 Å². The van der Waals surface area contributed by atoms with E-state index in [0.717, 1.165) is 18.7 Å². The van der Waals surface area contributed by atoms with E-state index in [2.05, 4.69) is 0 Å². The van der Waals surface area contributed by atoms with E-state index in [4.69, 9.17) is 5.73 Å². The third-order valence-corrected chi connectivity index (χ3v) is 3.82. The molecule has 0 aromatic heterocycles. The molecule has 0 bridgehead atoms. The van der Waals surface area contributed by atoms with Gasteiger partial charge in [0.25, 0.3) is 0 Å². The van der Waals surface area contributed by atoms with Crippen molar-refractivity contribution in [2.24, 2.45) is 11.7 Å². The summed E-state index contributed by atoms with van der Waals surface area (Å²) in [5.41, 5.74) is 6.96. The smallest absolute Gasteiger partial charge is 0.244 e. The molecule has 0 saturated heterocycles. The fourth-order valence-corrected chi connectivity index (χ4v) is 2.36. The van der Waals surface area contributed by atoms with Gasteiger partial charge in [-0.1, -0.05) is 36.8 Å². The summed E-state index contributed by atoms with van der Waals surface area (Å²) >= 11 is 0. The Morgan fingerprint density at radius 1 is 1.39 bits per heavy atom. The average Bonchev–Trinajstić information content (AvgIpc) is 2.37. The summed E-state index contributed by atoms with van der Waals surface area (Å²) in [7, 11) is 0. The lowest BCUT2D eigenvalue weighted by Crippen LogP contribution is -2.42. The zero-order chi connectivity index (χ0) is 13.0. The summed E-state index contributed by atoms with van der Waals surface area (Å²) in [6.07, 6.45) is 3.82. The fraction of sp³-hybridized carbons (Fsp3) is 0.533. The molecule has 18 heavy (non-hydrogen) atoms. The average molecular weight is 246 g/mol. The van der Waals surface area contributed by atoms with Crippen LogP contribution in [0.1, 0.15) is 37.8 Å². The highest BCUT2D eigenvalue weighted by molar-refractivity contribution is 5.83. The third-order valence-electron chi connectivity index (χ3n) is 3.82. The van der Waals surface area contributed by atoms with E-state index >= 15 is 0 Å². The Balaban J connectivity index is 1.99. The summed E-state index contributed by atoms with van der Waals surface area (Å²) in [6.45, 7) is 3.64. The highest BCUT2D eigenvalue weighted by atomic mass is 16.2. The monoisotopic (exact) mass is 246 g/mol. The van der Waals surface area contributed by atoms with Crippen LogP contribution < -0.4 is 5.73 Å². The van der Waals surface area contributed by atoms with Crippen LogP contribution in [0.2, 0.25) is 0 Å². The second-order valence-corrected chi connectivity index (χ2v) is 5.06. The van der Waals surface area contributed by atoms with Gasteiger partial charge >= 0.3 is 0 Å². The number of hydrogen-bond donors (Lipinski definition) is 1. The number of rotatable bonds is 5. The van der Waals surface area contributed by atoms with Crippen molar-refractivity contribution >= 4 is 5.91 Å². The van der Waals surface area contributed by atoms with Crippen LogP contribution in [0.4, 0.5) is 0 Å². The molecule has 1 atom stereocenters.